The summed E-state index contributed by atoms with van der Waals surface area (Å²) < 4.78 is 7.32. The minimum atomic E-state index is -0.937. The largest absolute Gasteiger partial charge is 0.481 e. The highest BCUT2D eigenvalue weighted by Crippen LogP contribution is 2.40. The molecule has 0 saturated carbocycles. The van der Waals surface area contributed by atoms with Crippen molar-refractivity contribution in [2.24, 2.45) is 10.9 Å². The van der Waals surface area contributed by atoms with Crippen molar-refractivity contribution in [2.75, 3.05) is 11.9 Å². The van der Waals surface area contributed by atoms with E-state index in [1.807, 2.05) is 80.8 Å². The van der Waals surface area contributed by atoms with Gasteiger partial charge in [0.1, 0.15) is 29.0 Å². The van der Waals surface area contributed by atoms with Gasteiger partial charge in [-0.3, -0.25) is 19.1 Å². The van der Waals surface area contributed by atoms with Gasteiger partial charge in [0.25, 0.3) is 0 Å². The number of hydrogen-bond donors (Lipinski definition) is 2. The summed E-state index contributed by atoms with van der Waals surface area (Å²) in [6, 6.07) is 15.3. The summed E-state index contributed by atoms with van der Waals surface area (Å²) in [5, 5.41) is 22.7. The Morgan fingerprint density at radius 1 is 1.00 bits per heavy atom. The van der Waals surface area contributed by atoms with Crippen LogP contribution >= 0.6 is 11.3 Å². The van der Waals surface area contributed by atoms with Crippen LogP contribution in [0, 0.1) is 26.7 Å². The molecule has 9 nitrogen and oxygen atoms in total. The third kappa shape index (κ3) is 5.72. The third-order valence-electron chi connectivity index (χ3n) is 7.29. The van der Waals surface area contributed by atoms with Gasteiger partial charge in [0.05, 0.1) is 11.6 Å². The molecule has 10 heteroatoms. The Hall–Kier alpha value is -4.31. The molecule has 218 valence electrons. The molecule has 0 saturated heterocycles. The number of carbonyl (C=O) groups excluding carboxylic acids is 1. The number of anilines is 1. The molecule has 0 radical (unpaired) electrons. The highest BCUT2D eigenvalue weighted by atomic mass is 32.1. The second-order valence-corrected chi connectivity index (χ2v) is 12.8. The predicted octanol–water partition coefficient (Wildman–Crippen LogP) is 6.29. The van der Waals surface area contributed by atoms with E-state index < -0.39 is 23.5 Å². The lowest BCUT2D eigenvalue weighted by Crippen LogP contribution is -2.28. The Balaban J connectivity index is 1.46. The molecular weight excluding hydrogens is 550 g/mol. The Kier molecular flexibility index (Phi) is 7.76. The first-order valence-corrected chi connectivity index (χ1v) is 14.7. The summed E-state index contributed by atoms with van der Waals surface area (Å²) in [6.45, 7) is 13.3. The highest BCUT2D eigenvalue weighted by molar-refractivity contribution is 7.15. The quantitative estimate of drug-likeness (QED) is 0.245. The van der Waals surface area contributed by atoms with Crippen molar-refractivity contribution in [3.05, 3.63) is 81.7 Å². The minimum absolute atomic E-state index is 0.0909. The molecule has 0 aliphatic carbocycles. The highest BCUT2D eigenvalue weighted by Gasteiger charge is 2.36. The number of carboxylic acid groups (broad SMARTS) is 1. The molecule has 5 rings (SSSR count). The first-order chi connectivity index (χ1) is 19.8. The minimum Gasteiger partial charge on any atom is -0.481 e. The maximum atomic E-state index is 12.1. The number of benzene rings is 2. The average Bonchev–Trinajstić information content (AvgIpc) is 3.40. The van der Waals surface area contributed by atoms with Crippen molar-refractivity contribution >= 4 is 34.7 Å². The van der Waals surface area contributed by atoms with Gasteiger partial charge >= 0.3 is 11.9 Å². The number of esters is 1. The van der Waals surface area contributed by atoms with Crippen molar-refractivity contribution in [2.45, 2.75) is 60.1 Å². The van der Waals surface area contributed by atoms with Crippen LogP contribution < -0.4 is 5.32 Å². The molecular formula is C32H35N5O4S. The fourth-order valence-electron chi connectivity index (χ4n) is 4.97. The van der Waals surface area contributed by atoms with Crippen LogP contribution in [0.25, 0.3) is 16.1 Å². The van der Waals surface area contributed by atoms with Crippen molar-refractivity contribution in [1.29, 1.82) is 0 Å². The summed E-state index contributed by atoms with van der Waals surface area (Å²) in [5.74, 6) is -0.798. The third-order valence-corrected chi connectivity index (χ3v) is 8.48. The fraction of sp³-hybridized carbons (Fsp3) is 0.344. The van der Waals surface area contributed by atoms with Crippen molar-refractivity contribution < 1.29 is 19.4 Å². The van der Waals surface area contributed by atoms with Crippen LogP contribution in [0.4, 0.5) is 5.69 Å². The zero-order chi connectivity index (χ0) is 30.3. The number of nitrogens with one attached hydrogen (secondary N) is 1. The van der Waals surface area contributed by atoms with Crippen molar-refractivity contribution in [3.8, 4) is 16.1 Å². The second kappa shape index (κ2) is 11.2. The molecule has 2 aromatic heterocycles. The van der Waals surface area contributed by atoms with E-state index in [-0.39, 0.29) is 12.5 Å². The van der Waals surface area contributed by atoms with Crippen LogP contribution in [0.2, 0.25) is 0 Å². The first kappa shape index (κ1) is 29.2. The smallest absolute Gasteiger partial charge is 0.325 e. The molecule has 2 N–H and O–H groups in total. The van der Waals surface area contributed by atoms with E-state index in [1.165, 1.54) is 0 Å². The summed E-state index contributed by atoms with van der Waals surface area (Å²) in [5.41, 5.74) is 6.09. The van der Waals surface area contributed by atoms with E-state index in [2.05, 4.69) is 29.4 Å². The van der Waals surface area contributed by atoms with Crippen LogP contribution in [0.3, 0.4) is 0 Å². The molecule has 0 amide bonds. The summed E-state index contributed by atoms with van der Waals surface area (Å²) in [7, 11) is 0. The normalized spacial score (nSPS) is 15.2. The molecule has 0 bridgehead atoms. The topological polar surface area (TPSA) is 119 Å². The van der Waals surface area contributed by atoms with E-state index in [9.17, 15) is 14.7 Å². The molecule has 3 heterocycles. The maximum absolute atomic E-state index is 12.1. The average molecular weight is 586 g/mol. The van der Waals surface area contributed by atoms with Crippen LogP contribution in [-0.4, -0.2) is 49.7 Å². The lowest BCUT2D eigenvalue weighted by atomic mass is 9.96. The number of carbonyl (C=O) groups is 2. The monoisotopic (exact) mass is 585 g/mol. The lowest BCUT2D eigenvalue weighted by Gasteiger charge is -2.19. The molecule has 2 atom stereocenters. The zero-order valence-electron chi connectivity index (χ0n) is 24.8. The molecule has 1 aliphatic heterocycles. The van der Waals surface area contributed by atoms with Crippen molar-refractivity contribution in [3.63, 3.8) is 0 Å². The standard InChI is InChI=1S/C32H35N5O4S/c1-17-19(3)42-30-26(17)28(34-27(18(2)31(39)40)29-36-35-20(4)37(29)30)23-10-8-21(9-11-23)22-12-14-24(15-13-22)33-16-25(38)41-32(5,6)7/h8-15,18,27,33H,16H2,1-7H3,(H,39,40)/t18?,27-/m0/s1. The van der Waals surface area contributed by atoms with Gasteiger partial charge in [0, 0.05) is 21.7 Å². The molecule has 0 spiro atoms. The number of rotatable bonds is 7. The van der Waals surface area contributed by atoms with Gasteiger partial charge in [-0.15, -0.1) is 21.5 Å². The van der Waals surface area contributed by atoms with E-state index in [0.717, 1.165) is 49.1 Å². The SMILES string of the molecule is Cc1sc2c(c1C)C(c1ccc(-c3ccc(NCC(=O)OC(C)(C)C)cc3)cc1)=N[C@@H](C(C)C(=O)O)c1nnc(C)n1-2. The van der Waals surface area contributed by atoms with Gasteiger partial charge in [-0.25, -0.2) is 0 Å². The first-order valence-electron chi connectivity index (χ1n) is 13.8. The summed E-state index contributed by atoms with van der Waals surface area (Å²) >= 11 is 1.64. The molecule has 2 aromatic carbocycles. The number of aliphatic carboxylic acids is 1. The van der Waals surface area contributed by atoms with Crippen LogP contribution in [0.15, 0.2) is 53.5 Å². The van der Waals surface area contributed by atoms with E-state index in [0.29, 0.717) is 11.6 Å². The number of carboxylic acids is 1. The number of aromatic nitrogens is 3. The number of ether oxygens (including phenoxy) is 1. The van der Waals surface area contributed by atoms with Gasteiger partial charge < -0.3 is 15.2 Å². The van der Waals surface area contributed by atoms with Gasteiger partial charge in [-0.05, 0) is 77.3 Å². The number of hydrogen-bond acceptors (Lipinski definition) is 8. The van der Waals surface area contributed by atoms with Gasteiger partial charge in [-0.1, -0.05) is 36.4 Å². The van der Waals surface area contributed by atoms with Crippen molar-refractivity contribution in [1.82, 2.24) is 14.8 Å². The number of thiophene rings is 1. The fourth-order valence-corrected chi connectivity index (χ4v) is 6.18. The Morgan fingerprint density at radius 3 is 2.19 bits per heavy atom. The van der Waals surface area contributed by atoms with E-state index >= 15 is 0 Å². The zero-order valence-corrected chi connectivity index (χ0v) is 25.7. The van der Waals surface area contributed by atoms with Gasteiger partial charge in [0.15, 0.2) is 5.82 Å². The summed E-state index contributed by atoms with van der Waals surface area (Å²) in [4.78, 5) is 30.4. The lowest BCUT2D eigenvalue weighted by molar-refractivity contribution is -0.152. The number of nitrogens with zero attached hydrogens (tertiary/aromatic N) is 4. The van der Waals surface area contributed by atoms with Crippen LogP contribution in [-0.2, 0) is 14.3 Å². The second-order valence-electron chi connectivity index (χ2n) is 11.5. The van der Waals surface area contributed by atoms with Gasteiger partial charge in [0.2, 0.25) is 0 Å². The Bertz CT molecular complexity index is 1680. The molecule has 1 unspecified atom stereocenters. The van der Waals surface area contributed by atoms with E-state index in [4.69, 9.17) is 9.73 Å². The van der Waals surface area contributed by atoms with Crippen LogP contribution in [0.5, 0.6) is 0 Å². The molecule has 0 fully saturated rings. The van der Waals surface area contributed by atoms with Gasteiger partial charge in [-0.2, -0.15) is 0 Å². The molecule has 42 heavy (non-hydrogen) atoms. The maximum Gasteiger partial charge on any atom is 0.325 e. The number of aryl methyl sites for hydroxylation is 2. The molecule has 1 aliphatic rings. The molecule has 4 aromatic rings. The summed E-state index contributed by atoms with van der Waals surface area (Å²) in [6.07, 6.45) is 0. The Labute approximate surface area is 249 Å². The Morgan fingerprint density at radius 2 is 1.60 bits per heavy atom. The number of aliphatic imine (C=N–C) groups is 1. The number of fused-ring (bicyclic) bond motifs is 3. The van der Waals surface area contributed by atoms with E-state index in [1.54, 1.807) is 18.3 Å². The predicted molar refractivity (Wildman–Crippen MR) is 165 cm³/mol. The van der Waals surface area contributed by atoms with Crippen LogP contribution in [0.1, 0.15) is 67.0 Å².